The summed E-state index contributed by atoms with van der Waals surface area (Å²) in [5.41, 5.74) is 4.18. The monoisotopic (exact) mass is 321 g/mol. The van der Waals surface area contributed by atoms with Gasteiger partial charge in [-0.3, -0.25) is 9.36 Å². The van der Waals surface area contributed by atoms with Crippen LogP contribution in [0.25, 0.3) is 16.7 Å². The predicted molar refractivity (Wildman–Crippen MR) is 91.9 cm³/mol. The number of aromatic nitrogens is 2. The highest BCUT2D eigenvalue weighted by atomic mass is 16.5. The van der Waals surface area contributed by atoms with E-state index in [0.29, 0.717) is 13.2 Å². The standard InChI is InChI=1S/C19H19N3O2/c23-19(18-6-3-11-24-18)20-12-14-7-9-15(10-8-14)22-13-21-16-4-1-2-5-17(16)22/h1-2,4-5,7-10,13,18H,3,6,11-12H2,(H,20,23). The first-order chi connectivity index (χ1) is 11.8. The zero-order chi connectivity index (χ0) is 16.4. The summed E-state index contributed by atoms with van der Waals surface area (Å²) < 4.78 is 7.45. The molecule has 1 unspecified atom stereocenters. The molecule has 1 aliphatic rings. The molecule has 2 aromatic carbocycles. The molecule has 0 aliphatic carbocycles. The number of nitrogens with zero attached hydrogens (tertiary/aromatic N) is 2. The van der Waals surface area contributed by atoms with Gasteiger partial charge in [0.15, 0.2) is 0 Å². The molecule has 24 heavy (non-hydrogen) atoms. The number of fused-ring (bicyclic) bond motifs is 1. The smallest absolute Gasteiger partial charge is 0.249 e. The van der Waals surface area contributed by atoms with Crippen molar-refractivity contribution in [2.75, 3.05) is 6.61 Å². The molecule has 0 bridgehead atoms. The topological polar surface area (TPSA) is 56.2 Å². The average Bonchev–Trinajstić information content (AvgIpc) is 3.30. The number of hydrogen-bond donors (Lipinski definition) is 1. The number of ether oxygens (including phenoxy) is 1. The molecule has 1 N–H and O–H groups in total. The molecule has 1 saturated heterocycles. The fraction of sp³-hybridized carbons (Fsp3) is 0.263. The van der Waals surface area contributed by atoms with E-state index in [0.717, 1.165) is 35.1 Å². The van der Waals surface area contributed by atoms with Crippen LogP contribution in [0.5, 0.6) is 0 Å². The van der Waals surface area contributed by atoms with Gasteiger partial charge in [0.05, 0.1) is 11.0 Å². The summed E-state index contributed by atoms with van der Waals surface area (Å²) in [6.07, 6.45) is 3.34. The minimum atomic E-state index is -0.276. The predicted octanol–water partition coefficient (Wildman–Crippen LogP) is 2.82. The molecule has 0 saturated carbocycles. The van der Waals surface area contributed by atoms with Crippen LogP contribution < -0.4 is 5.32 Å². The molecule has 122 valence electrons. The van der Waals surface area contributed by atoms with Gasteiger partial charge in [0, 0.05) is 18.8 Å². The Hall–Kier alpha value is -2.66. The number of amides is 1. The maximum Gasteiger partial charge on any atom is 0.249 e. The number of carbonyl (C=O) groups excluding carboxylic acids is 1. The van der Waals surface area contributed by atoms with Gasteiger partial charge < -0.3 is 10.1 Å². The van der Waals surface area contributed by atoms with E-state index in [1.165, 1.54) is 0 Å². The SMILES string of the molecule is O=C(NCc1ccc(-n2cnc3ccccc32)cc1)C1CCCO1. The summed E-state index contributed by atoms with van der Waals surface area (Å²) in [5.74, 6) is -0.0165. The summed E-state index contributed by atoms with van der Waals surface area (Å²) in [4.78, 5) is 16.4. The van der Waals surface area contributed by atoms with Gasteiger partial charge in [-0.25, -0.2) is 4.98 Å². The van der Waals surface area contributed by atoms with Gasteiger partial charge in [0.2, 0.25) is 5.91 Å². The van der Waals surface area contributed by atoms with E-state index in [9.17, 15) is 4.79 Å². The van der Waals surface area contributed by atoms with Gasteiger partial charge in [0.1, 0.15) is 12.4 Å². The van der Waals surface area contributed by atoms with E-state index >= 15 is 0 Å². The highest BCUT2D eigenvalue weighted by Crippen LogP contribution is 2.18. The fourth-order valence-electron chi connectivity index (χ4n) is 3.03. The van der Waals surface area contributed by atoms with Crippen LogP contribution in [-0.2, 0) is 16.1 Å². The van der Waals surface area contributed by atoms with Gasteiger partial charge in [0.25, 0.3) is 0 Å². The van der Waals surface area contributed by atoms with Gasteiger partial charge >= 0.3 is 0 Å². The Bertz CT molecular complexity index is 848. The molecule has 2 heterocycles. The average molecular weight is 321 g/mol. The van der Waals surface area contributed by atoms with Crippen molar-refractivity contribution in [1.82, 2.24) is 14.9 Å². The van der Waals surface area contributed by atoms with Crippen molar-refractivity contribution in [3.63, 3.8) is 0 Å². The van der Waals surface area contributed by atoms with Gasteiger partial charge in [-0.05, 0) is 42.7 Å². The Morgan fingerprint density at radius 3 is 2.83 bits per heavy atom. The first-order valence-electron chi connectivity index (χ1n) is 8.22. The Balaban J connectivity index is 1.45. The van der Waals surface area contributed by atoms with Gasteiger partial charge in [-0.15, -0.1) is 0 Å². The Morgan fingerprint density at radius 1 is 1.21 bits per heavy atom. The van der Waals surface area contributed by atoms with Crippen LogP contribution in [0.1, 0.15) is 18.4 Å². The molecule has 5 heteroatoms. The Kier molecular flexibility index (Phi) is 4.01. The molecule has 1 atom stereocenters. The minimum Gasteiger partial charge on any atom is -0.368 e. The van der Waals surface area contributed by atoms with Crippen molar-refractivity contribution in [2.24, 2.45) is 0 Å². The number of benzene rings is 2. The molecule has 1 aromatic heterocycles. The van der Waals surface area contributed by atoms with Crippen LogP contribution in [0, 0.1) is 0 Å². The molecule has 4 rings (SSSR count). The highest BCUT2D eigenvalue weighted by molar-refractivity contribution is 5.81. The number of hydrogen-bond acceptors (Lipinski definition) is 3. The van der Waals surface area contributed by atoms with Gasteiger partial charge in [-0.1, -0.05) is 24.3 Å². The molecular formula is C19H19N3O2. The second-order valence-electron chi connectivity index (χ2n) is 5.99. The number of imidazole rings is 1. The fourth-order valence-corrected chi connectivity index (χ4v) is 3.03. The number of carbonyl (C=O) groups is 1. The highest BCUT2D eigenvalue weighted by Gasteiger charge is 2.22. The first-order valence-corrected chi connectivity index (χ1v) is 8.22. The molecule has 1 amide bonds. The lowest BCUT2D eigenvalue weighted by Gasteiger charge is -2.11. The summed E-state index contributed by atoms with van der Waals surface area (Å²) >= 11 is 0. The second kappa shape index (κ2) is 6.45. The van der Waals surface area contributed by atoms with Crippen LogP contribution in [0.4, 0.5) is 0 Å². The van der Waals surface area contributed by atoms with Crippen molar-refractivity contribution >= 4 is 16.9 Å². The van der Waals surface area contributed by atoms with E-state index in [2.05, 4.69) is 20.9 Å². The molecule has 0 spiro atoms. The lowest BCUT2D eigenvalue weighted by atomic mass is 10.2. The van der Waals surface area contributed by atoms with E-state index in [-0.39, 0.29) is 12.0 Å². The lowest BCUT2D eigenvalue weighted by Crippen LogP contribution is -2.33. The first kappa shape index (κ1) is 14.9. The van der Waals surface area contributed by atoms with E-state index in [4.69, 9.17) is 4.74 Å². The summed E-state index contributed by atoms with van der Waals surface area (Å²) in [7, 11) is 0. The minimum absolute atomic E-state index is 0.0165. The quantitative estimate of drug-likeness (QED) is 0.804. The number of nitrogens with one attached hydrogen (secondary N) is 1. The molecular weight excluding hydrogens is 302 g/mol. The molecule has 1 fully saturated rings. The van der Waals surface area contributed by atoms with Crippen molar-refractivity contribution in [3.8, 4) is 5.69 Å². The third kappa shape index (κ3) is 2.90. The van der Waals surface area contributed by atoms with Gasteiger partial charge in [-0.2, -0.15) is 0 Å². The molecule has 0 radical (unpaired) electrons. The summed E-state index contributed by atoms with van der Waals surface area (Å²) in [5, 5.41) is 2.94. The summed E-state index contributed by atoms with van der Waals surface area (Å²) in [6, 6.07) is 16.2. The Labute approximate surface area is 140 Å². The molecule has 1 aliphatic heterocycles. The lowest BCUT2D eigenvalue weighted by molar-refractivity contribution is -0.130. The third-order valence-corrected chi connectivity index (χ3v) is 4.36. The van der Waals surface area contributed by atoms with E-state index < -0.39 is 0 Å². The zero-order valence-electron chi connectivity index (χ0n) is 13.3. The van der Waals surface area contributed by atoms with Crippen molar-refractivity contribution in [1.29, 1.82) is 0 Å². The van der Waals surface area contributed by atoms with Crippen LogP contribution in [0.3, 0.4) is 0 Å². The number of rotatable bonds is 4. The molecule has 3 aromatic rings. The largest absolute Gasteiger partial charge is 0.368 e. The van der Waals surface area contributed by atoms with Crippen LogP contribution >= 0.6 is 0 Å². The Morgan fingerprint density at radius 2 is 2.04 bits per heavy atom. The second-order valence-corrected chi connectivity index (χ2v) is 5.99. The normalized spacial score (nSPS) is 17.2. The molecule has 5 nitrogen and oxygen atoms in total. The van der Waals surface area contributed by atoms with Crippen LogP contribution in [0.2, 0.25) is 0 Å². The summed E-state index contributed by atoms with van der Waals surface area (Å²) in [6.45, 7) is 1.20. The van der Waals surface area contributed by atoms with Crippen molar-refractivity contribution in [2.45, 2.75) is 25.5 Å². The maximum atomic E-state index is 12.0. The van der Waals surface area contributed by atoms with Crippen LogP contribution in [-0.4, -0.2) is 28.2 Å². The van der Waals surface area contributed by atoms with E-state index in [1.807, 2.05) is 48.8 Å². The zero-order valence-corrected chi connectivity index (χ0v) is 13.3. The third-order valence-electron chi connectivity index (χ3n) is 4.36. The number of para-hydroxylation sites is 2. The van der Waals surface area contributed by atoms with Crippen molar-refractivity contribution < 1.29 is 9.53 Å². The maximum absolute atomic E-state index is 12.0. The van der Waals surface area contributed by atoms with E-state index in [1.54, 1.807) is 0 Å². The van der Waals surface area contributed by atoms with Crippen molar-refractivity contribution in [3.05, 3.63) is 60.4 Å². The van der Waals surface area contributed by atoms with Crippen LogP contribution in [0.15, 0.2) is 54.9 Å².